The lowest BCUT2D eigenvalue weighted by atomic mass is 9.94. The van der Waals surface area contributed by atoms with E-state index in [0.717, 1.165) is 24.3 Å². The fourth-order valence-corrected chi connectivity index (χ4v) is 2.52. The Morgan fingerprint density at radius 1 is 0.826 bits per heavy atom. The van der Waals surface area contributed by atoms with Crippen molar-refractivity contribution in [2.24, 2.45) is 0 Å². The Hall–Kier alpha value is -3.69. The highest BCUT2D eigenvalue weighted by atomic mass is 16.6. The number of non-ortho nitro benzene ring substituents is 1. The molecule has 0 saturated heterocycles. The fraction of sp³-hybridized carbons (Fsp3) is 0. The van der Waals surface area contributed by atoms with Gasteiger partial charge in [0.2, 0.25) is 0 Å². The third kappa shape index (κ3) is 2.09. The molecule has 0 amide bonds. The van der Waals surface area contributed by atoms with Gasteiger partial charge in [-0.3, -0.25) is 35.1 Å². The molecule has 0 aromatic heterocycles. The van der Waals surface area contributed by atoms with Gasteiger partial charge in [0.1, 0.15) is 0 Å². The lowest BCUT2D eigenvalue weighted by molar-refractivity contribution is -0.418. The number of fused-ring (bicyclic) bond motifs is 3. The number of nitrogens with zero attached hydrogens (tertiary/aromatic N) is 3. The highest BCUT2D eigenvalue weighted by molar-refractivity contribution is 6.16. The van der Waals surface area contributed by atoms with Gasteiger partial charge in [0.05, 0.1) is 26.4 Å². The van der Waals surface area contributed by atoms with E-state index in [-0.39, 0.29) is 22.3 Å². The molecule has 0 heterocycles. The molecule has 0 atom stereocenters. The molecule has 0 N–H and O–H groups in total. The van der Waals surface area contributed by atoms with E-state index in [0.29, 0.717) is 0 Å². The Morgan fingerprint density at radius 3 is 2.09 bits per heavy atom. The predicted molar refractivity (Wildman–Crippen MR) is 75.8 cm³/mol. The normalized spacial score (nSPS) is 15.1. The summed E-state index contributed by atoms with van der Waals surface area (Å²) in [6, 6.07) is 1.92. The Bertz CT molecular complexity index is 924. The average molecular weight is 315 g/mol. The van der Waals surface area contributed by atoms with Crippen molar-refractivity contribution in [3.05, 3.63) is 77.0 Å². The summed E-state index contributed by atoms with van der Waals surface area (Å²) in [6.45, 7) is 0. The molecule has 23 heavy (non-hydrogen) atoms. The maximum Gasteiger partial charge on any atom is 0.316 e. The van der Waals surface area contributed by atoms with E-state index in [2.05, 4.69) is 0 Å². The molecule has 0 spiro atoms. The van der Waals surface area contributed by atoms with E-state index < -0.39 is 37.6 Å². The molecule has 2 aliphatic carbocycles. The number of rotatable bonds is 3. The van der Waals surface area contributed by atoms with Crippen molar-refractivity contribution in [2.75, 3.05) is 0 Å². The number of ketones is 1. The van der Waals surface area contributed by atoms with Gasteiger partial charge in [0.15, 0.2) is 0 Å². The molecule has 0 aliphatic heterocycles. The average Bonchev–Trinajstić information content (AvgIpc) is 2.82. The van der Waals surface area contributed by atoms with Gasteiger partial charge >= 0.3 is 5.70 Å². The first-order valence-electron chi connectivity index (χ1n) is 6.11. The molecule has 3 rings (SSSR count). The Morgan fingerprint density at radius 2 is 1.52 bits per heavy atom. The number of benzene rings is 1. The summed E-state index contributed by atoms with van der Waals surface area (Å²) in [5.41, 5.74) is -1.07. The smallest absolute Gasteiger partial charge is 0.282 e. The molecule has 0 radical (unpaired) electrons. The Balaban J connectivity index is 2.27. The second-order valence-electron chi connectivity index (χ2n) is 4.75. The lowest BCUT2D eigenvalue weighted by Gasteiger charge is -2.08. The van der Waals surface area contributed by atoms with Crippen LogP contribution in [0.2, 0.25) is 0 Å². The van der Waals surface area contributed by atoms with Gasteiger partial charge in [-0.1, -0.05) is 0 Å². The summed E-state index contributed by atoms with van der Waals surface area (Å²) in [4.78, 5) is 42.2. The molecule has 0 fully saturated rings. The maximum atomic E-state index is 11.8. The first kappa shape index (κ1) is 14.3. The number of nitro benzene ring substituents is 2. The number of nitro groups is 3. The van der Waals surface area contributed by atoms with Gasteiger partial charge in [-0.25, -0.2) is 0 Å². The minimum absolute atomic E-state index is 0.0441. The molecule has 1 aromatic rings. The molecule has 10 heteroatoms. The van der Waals surface area contributed by atoms with E-state index in [4.69, 9.17) is 0 Å². The minimum Gasteiger partial charge on any atom is -0.282 e. The zero-order valence-corrected chi connectivity index (χ0v) is 11.1. The van der Waals surface area contributed by atoms with Crippen molar-refractivity contribution in [3.63, 3.8) is 0 Å². The summed E-state index contributed by atoms with van der Waals surface area (Å²) in [5, 5.41) is 32.9. The third-order valence-electron chi connectivity index (χ3n) is 3.45. The van der Waals surface area contributed by atoms with Crippen molar-refractivity contribution in [1.29, 1.82) is 0 Å². The van der Waals surface area contributed by atoms with Crippen molar-refractivity contribution in [2.45, 2.75) is 0 Å². The van der Waals surface area contributed by atoms with Crippen molar-refractivity contribution in [3.8, 4) is 0 Å². The van der Waals surface area contributed by atoms with Crippen LogP contribution in [-0.2, 0) is 4.79 Å². The molecule has 10 nitrogen and oxygen atoms in total. The quantitative estimate of drug-likeness (QED) is 0.612. The van der Waals surface area contributed by atoms with Crippen molar-refractivity contribution >= 4 is 28.8 Å². The summed E-state index contributed by atoms with van der Waals surface area (Å²) >= 11 is 0. The second-order valence-corrected chi connectivity index (χ2v) is 4.75. The molecular weight excluding hydrogens is 310 g/mol. The number of carbonyl (C=O) groups is 1. The summed E-state index contributed by atoms with van der Waals surface area (Å²) < 4.78 is 0. The standard InChI is InChI=1S/C13H5N3O7/c17-12-5-9-6(3-10(12)15(20)21)1-7-2-8(14(18)19)4-11(13(7)9)16(22)23/h1-5H. The Labute approximate surface area is 126 Å². The Kier molecular flexibility index (Phi) is 2.89. The minimum atomic E-state index is -0.886. The van der Waals surface area contributed by atoms with Gasteiger partial charge in [-0.2, -0.15) is 0 Å². The topological polar surface area (TPSA) is 146 Å². The first-order chi connectivity index (χ1) is 10.8. The summed E-state index contributed by atoms with van der Waals surface area (Å²) in [6.07, 6.45) is 3.29. The van der Waals surface area contributed by atoms with Crippen LogP contribution in [0.15, 0.2) is 35.6 Å². The van der Waals surface area contributed by atoms with E-state index in [1.54, 1.807) is 0 Å². The van der Waals surface area contributed by atoms with Crippen LogP contribution in [0.4, 0.5) is 11.4 Å². The first-order valence-corrected chi connectivity index (χ1v) is 6.11. The number of hydrogen-bond donors (Lipinski definition) is 0. The summed E-state index contributed by atoms with van der Waals surface area (Å²) in [5.74, 6) is -0.886. The van der Waals surface area contributed by atoms with Crippen LogP contribution in [-0.4, -0.2) is 20.6 Å². The van der Waals surface area contributed by atoms with Crippen LogP contribution in [0.1, 0.15) is 11.1 Å². The van der Waals surface area contributed by atoms with Crippen LogP contribution < -0.4 is 0 Å². The van der Waals surface area contributed by atoms with Crippen LogP contribution in [0.25, 0.3) is 11.6 Å². The van der Waals surface area contributed by atoms with Crippen molar-refractivity contribution in [1.82, 2.24) is 0 Å². The highest BCUT2D eigenvalue weighted by Crippen LogP contribution is 2.45. The lowest BCUT2D eigenvalue weighted by Crippen LogP contribution is -2.13. The largest absolute Gasteiger partial charge is 0.316 e. The van der Waals surface area contributed by atoms with Crippen LogP contribution in [0.5, 0.6) is 0 Å². The van der Waals surface area contributed by atoms with E-state index in [1.807, 2.05) is 0 Å². The zero-order valence-electron chi connectivity index (χ0n) is 11.1. The molecule has 0 saturated carbocycles. The summed E-state index contributed by atoms with van der Waals surface area (Å²) in [7, 11) is 0. The molecule has 2 aliphatic rings. The second kappa shape index (κ2) is 4.66. The molecule has 0 unspecified atom stereocenters. The molecule has 114 valence electrons. The van der Waals surface area contributed by atoms with Gasteiger partial charge in [0, 0.05) is 23.8 Å². The van der Waals surface area contributed by atoms with E-state index in [9.17, 15) is 35.1 Å². The molecule has 0 bridgehead atoms. The zero-order chi connectivity index (χ0) is 16.9. The highest BCUT2D eigenvalue weighted by Gasteiger charge is 2.36. The molecular formula is C13H5N3O7. The maximum absolute atomic E-state index is 11.8. The molecule has 1 aromatic carbocycles. The number of allylic oxidation sites excluding steroid dienone is 4. The van der Waals surface area contributed by atoms with Gasteiger partial charge in [-0.15, -0.1) is 0 Å². The number of carbonyl (C=O) groups excluding carboxylic acids is 1. The third-order valence-corrected chi connectivity index (χ3v) is 3.45. The van der Waals surface area contributed by atoms with E-state index >= 15 is 0 Å². The van der Waals surface area contributed by atoms with Crippen molar-refractivity contribution < 1.29 is 19.6 Å². The van der Waals surface area contributed by atoms with E-state index in [1.165, 1.54) is 6.08 Å². The predicted octanol–water partition coefficient (Wildman–Crippen LogP) is 2.03. The SMILES string of the molecule is O=C1C=C2C(=Cc3cc([N+](=O)[O-])cc([N+](=O)[O-])c32)C=C1[N+](=O)[O-]. The van der Waals surface area contributed by atoms with Crippen LogP contribution in [0, 0.1) is 30.3 Å². The van der Waals surface area contributed by atoms with Crippen LogP contribution in [0.3, 0.4) is 0 Å². The fourth-order valence-electron chi connectivity index (χ4n) is 2.52. The monoisotopic (exact) mass is 315 g/mol. The number of hydrogen-bond acceptors (Lipinski definition) is 7. The van der Waals surface area contributed by atoms with Gasteiger partial charge in [-0.05, 0) is 17.2 Å². The van der Waals surface area contributed by atoms with Gasteiger partial charge in [0.25, 0.3) is 17.2 Å². The van der Waals surface area contributed by atoms with Gasteiger partial charge < -0.3 is 0 Å². The van der Waals surface area contributed by atoms with Crippen LogP contribution >= 0.6 is 0 Å².